The summed E-state index contributed by atoms with van der Waals surface area (Å²) in [6.45, 7) is 5.36. The Bertz CT molecular complexity index is 514. The predicted molar refractivity (Wildman–Crippen MR) is 76.5 cm³/mol. The summed E-state index contributed by atoms with van der Waals surface area (Å²) < 4.78 is 4.85. The van der Waals surface area contributed by atoms with Crippen LogP contribution in [0.1, 0.15) is 31.4 Å². The van der Waals surface area contributed by atoms with E-state index in [4.69, 9.17) is 4.74 Å². The lowest BCUT2D eigenvalue weighted by atomic mass is 9.99. The zero-order valence-corrected chi connectivity index (χ0v) is 11.9. The van der Waals surface area contributed by atoms with Crippen LogP contribution in [0.25, 0.3) is 0 Å². The molecule has 1 heterocycles. The summed E-state index contributed by atoms with van der Waals surface area (Å²) in [7, 11) is 0. The predicted octanol–water partition coefficient (Wildman–Crippen LogP) is 2.55. The van der Waals surface area contributed by atoms with Crippen molar-refractivity contribution in [3.8, 4) is 0 Å². The van der Waals surface area contributed by atoms with Gasteiger partial charge in [-0.15, -0.1) is 0 Å². The minimum atomic E-state index is -0.454. The van der Waals surface area contributed by atoms with Gasteiger partial charge in [-0.2, -0.15) is 0 Å². The van der Waals surface area contributed by atoms with Crippen LogP contribution in [0, 0.1) is 0 Å². The maximum absolute atomic E-state index is 11.8. The maximum Gasteiger partial charge on any atom is 0.411 e. The first kappa shape index (κ1) is 14.4. The van der Waals surface area contributed by atoms with Crippen LogP contribution in [0.2, 0.25) is 0 Å². The molecule has 1 aliphatic rings. The summed E-state index contributed by atoms with van der Waals surface area (Å²) in [4.78, 5) is 25.0. The Kier molecular flexibility index (Phi) is 4.61. The van der Waals surface area contributed by atoms with Crippen LogP contribution >= 0.6 is 0 Å². The molecular weight excluding hydrogens is 256 g/mol. The van der Waals surface area contributed by atoms with Crippen molar-refractivity contribution in [1.82, 2.24) is 4.90 Å². The fourth-order valence-corrected chi connectivity index (χ4v) is 2.36. The SMILES string of the molecule is CCOC(=O)Nc1ccc2c(c1)CN(C(=O)CC)CC2. The minimum absolute atomic E-state index is 0.166. The highest BCUT2D eigenvalue weighted by Gasteiger charge is 2.19. The fraction of sp³-hybridized carbons (Fsp3) is 0.467. The van der Waals surface area contributed by atoms with Crippen LogP contribution < -0.4 is 5.32 Å². The number of anilines is 1. The van der Waals surface area contributed by atoms with Crippen molar-refractivity contribution in [1.29, 1.82) is 0 Å². The van der Waals surface area contributed by atoms with Crippen molar-refractivity contribution < 1.29 is 14.3 Å². The molecule has 2 rings (SSSR count). The first-order chi connectivity index (χ1) is 9.63. The number of benzene rings is 1. The molecule has 20 heavy (non-hydrogen) atoms. The third kappa shape index (κ3) is 3.29. The molecule has 2 amide bonds. The smallest absolute Gasteiger partial charge is 0.411 e. The summed E-state index contributed by atoms with van der Waals surface area (Å²) in [6.07, 6.45) is 0.932. The molecule has 5 heteroatoms. The van der Waals surface area contributed by atoms with Crippen LogP contribution in [0.15, 0.2) is 18.2 Å². The number of fused-ring (bicyclic) bond motifs is 1. The van der Waals surface area contributed by atoms with E-state index in [1.165, 1.54) is 5.56 Å². The highest BCUT2D eigenvalue weighted by molar-refractivity contribution is 5.84. The Morgan fingerprint density at radius 3 is 2.80 bits per heavy atom. The first-order valence-electron chi connectivity index (χ1n) is 6.97. The summed E-state index contributed by atoms with van der Waals surface area (Å²) >= 11 is 0. The van der Waals surface area contributed by atoms with Crippen molar-refractivity contribution in [3.63, 3.8) is 0 Å². The van der Waals surface area contributed by atoms with E-state index in [-0.39, 0.29) is 5.91 Å². The molecule has 5 nitrogen and oxygen atoms in total. The standard InChI is InChI=1S/C15H20N2O3/c1-3-14(18)17-8-7-11-5-6-13(9-12(11)10-17)16-15(19)20-4-2/h5-6,9H,3-4,7-8,10H2,1-2H3,(H,16,19). The van der Waals surface area contributed by atoms with Crippen LogP contribution in [0.4, 0.5) is 10.5 Å². The molecule has 0 saturated heterocycles. The molecule has 0 bridgehead atoms. The van der Waals surface area contributed by atoms with Gasteiger partial charge in [-0.1, -0.05) is 13.0 Å². The molecule has 1 N–H and O–H groups in total. The molecule has 1 aromatic carbocycles. The zero-order valence-electron chi connectivity index (χ0n) is 11.9. The van der Waals surface area contributed by atoms with Gasteiger partial charge in [0.2, 0.25) is 5.91 Å². The van der Waals surface area contributed by atoms with E-state index in [1.807, 2.05) is 30.0 Å². The Morgan fingerprint density at radius 1 is 1.30 bits per heavy atom. The lowest BCUT2D eigenvalue weighted by molar-refractivity contribution is -0.131. The quantitative estimate of drug-likeness (QED) is 0.923. The number of hydrogen-bond acceptors (Lipinski definition) is 3. The molecular formula is C15H20N2O3. The number of hydrogen-bond donors (Lipinski definition) is 1. The summed E-state index contributed by atoms with van der Waals surface area (Å²) in [6, 6.07) is 5.79. The number of carbonyl (C=O) groups is 2. The molecule has 1 aliphatic heterocycles. The molecule has 0 unspecified atom stereocenters. The zero-order chi connectivity index (χ0) is 14.5. The van der Waals surface area contributed by atoms with Gasteiger partial charge in [0.1, 0.15) is 0 Å². The van der Waals surface area contributed by atoms with E-state index < -0.39 is 6.09 Å². The van der Waals surface area contributed by atoms with E-state index in [1.54, 1.807) is 6.92 Å². The number of carbonyl (C=O) groups excluding carboxylic acids is 2. The van der Waals surface area contributed by atoms with E-state index in [0.717, 1.165) is 18.5 Å². The molecule has 1 aromatic rings. The maximum atomic E-state index is 11.8. The van der Waals surface area contributed by atoms with Crippen molar-refractivity contribution in [2.24, 2.45) is 0 Å². The Balaban J connectivity index is 2.10. The topological polar surface area (TPSA) is 58.6 Å². The van der Waals surface area contributed by atoms with Gasteiger partial charge in [0.05, 0.1) is 6.61 Å². The molecule has 0 fully saturated rings. The van der Waals surface area contributed by atoms with E-state index in [2.05, 4.69) is 5.32 Å². The average molecular weight is 276 g/mol. The Morgan fingerprint density at radius 2 is 2.10 bits per heavy atom. The van der Waals surface area contributed by atoms with Crippen molar-refractivity contribution >= 4 is 17.7 Å². The van der Waals surface area contributed by atoms with Gasteiger partial charge in [-0.3, -0.25) is 10.1 Å². The van der Waals surface area contributed by atoms with Crippen molar-refractivity contribution in [3.05, 3.63) is 29.3 Å². The second kappa shape index (κ2) is 6.41. The number of amides is 2. The summed E-state index contributed by atoms with van der Waals surface area (Å²) in [5.74, 6) is 0.166. The second-order valence-electron chi connectivity index (χ2n) is 4.75. The molecule has 0 aromatic heterocycles. The number of rotatable bonds is 3. The van der Waals surface area contributed by atoms with Gasteiger partial charge in [0.15, 0.2) is 0 Å². The number of nitrogens with zero attached hydrogens (tertiary/aromatic N) is 1. The van der Waals surface area contributed by atoms with Crippen LogP contribution in [-0.4, -0.2) is 30.1 Å². The van der Waals surface area contributed by atoms with E-state index >= 15 is 0 Å². The molecule has 0 spiro atoms. The van der Waals surface area contributed by atoms with Crippen LogP contribution in [-0.2, 0) is 22.5 Å². The van der Waals surface area contributed by atoms with Crippen LogP contribution in [0.5, 0.6) is 0 Å². The molecule has 0 aliphatic carbocycles. The van der Waals surface area contributed by atoms with Crippen LogP contribution in [0.3, 0.4) is 0 Å². The third-order valence-electron chi connectivity index (χ3n) is 3.40. The largest absolute Gasteiger partial charge is 0.450 e. The van der Waals surface area contributed by atoms with Gasteiger partial charge < -0.3 is 9.64 Å². The normalized spacial score (nSPS) is 13.6. The minimum Gasteiger partial charge on any atom is -0.450 e. The Labute approximate surface area is 118 Å². The van der Waals surface area contributed by atoms with Gasteiger partial charge in [-0.25, -0.2) is 4.79 Å². The number of ether oxygens (including phenoxy) is 1. The number of nitrogens with one attached hydrogen (secondary N) is 1. The van der Waals surface area contributed by atoms with E-state index in [9.17, 15) is 9.59 Å². The van der Waals surface area contributed by atoms with Gasteiger partial charge >= 0.3 is 6.09 Å². The Hall–Kier alpha value is -2.04. The monoisotopic (exact) mass is 276 g/mol. The summed E-state index contributed by atoms with van der Waals surface area (Å²) in [5, 5.41) is 2.69. The highest BCUT2D eigenvalue weighted by Crippen LogP contribution is 2.23. The fourth-order valence-electron chi connectivity index (χ4n) is 2.36. The lowest BCUT2D eigenvalue weighted by Crippen LogP contribution is -2.35. The molecule has 0 atom stereocenters. The highest BCUT2D eigenvalue weighted by atomic mass is 16.5. The second-order valence-corrected chi connectivity index (χ2v) is 4.75. The first-order valence-corrected chi connectivity index (χ1v) is 6.97. The van der Waals surface area contributed by atoms with Gasteiger partial charge in [0.25, 0.3) is 0 Å². The van der Waals surface area contributed by atoms with Gasteiger partial charge in [0, 0.05) is 25.2 Å². The van der Waals surface area contributed by atoms with Crippen molar-refractivity contribution in [2.75, 3.05) is 18.5 Å². The molecule has 0 radical (unpaired) electrons. The third-order valence-corrected chi connectivity index (χ3v) is 3.40. The van der Waals surface area contributed by atoms with Crippen molar-refractivity contribution in [2.45, 2.75) is 33.2 Å². The lowest BCUT2D eigenvalue weighted by Gasteiger charge is -2.29. The molecule has 108 valence electrons. The van der Waals surface area contributed by atoms with Gasteiger partial charge in [-0.05, 0) is 36.6 Å². The average Bonchev–Trinajstić information content (AvgIpc) is 2.45. The van der Waals surface area contributed by atoms with E-state index in [0.29, 0.717) is 25.3 Å². The molecule has 0 saturated carbocycles. The summed E-state index contributed by atoms with van der Waals surface area (Å²) in [5.41, 5.74) is 3.03.